The average molecular weight is 190 g/mol. The second kappa shape index (κ2) is 4.63. The highest BCUT2D eigenvalue weighted by Crippen LogP contribution is 2.38. The van der Waals surface area contributed by atoms with E-state index >= 15 is 0 Å². The summed E-state index contributed by atoms with van der Waals surface area (Å²) in [5, 5.41) is 0. The Bertz CT molecular complexity index is 253. The van der Waals surface area contributed by atoms with Crippen molar-refractivity contribution in [3.05, 3.63) is 36.5 Å². The molecule has 0 heteroatoms. The Kier molecular flexibility index (Phi) is 3.74. The Hall–Kier alpha value is -0.780. The van der Waals surface area contributed by atoms with Crippen molar-refractivity contribution < 1.29 is 0 Å². The van der Waals surface area contributed by atoms with Crippen LogP contribution >= 0.6 is 0 Å². The normalized spacial score (nSPS) is 20.0. The summed E-state index contributed by atoms with van der Waals surface area (Å²) in [6.45, 7) is 12.6. The molecule has 0 aliphatic heterocycles. The van der Waals surface area contributed by atoms with Gasteiger partial charge in [-0.3, -0.25) is 0 Å². The lowest BCUT2D eigenvalue weighted by molar-refractivity contribution is 0.322. The maximum absolute atomic E-state index is 4.17. The van der Waals surface area contributed by atoms with Crippen molar-refractivity contribution in [3.63, 3.8) is 0 Å². The molecule has 0 N–H and O–H groups in total. The fraction of sp³-hybridized carbons (Fsp3) is 0.571. The molecule has 0 spiro atoms. The van der Waals surface area contributed by atoms with E-state index in [0.717, 1.165) is 12.8 Å². The van der Waals surface area contributed by atoms with Crippen LogP contribution in [-0.2, 0) is 0 Å². The maximum atomic E-state index is 4.17. The zero-order chi connectivity index (χ0) is 10.6. The third-order valence-electron chi connectivity index (χ3n) is 2.99. The van der Waals surface area contributed by atoms with Crippen LogP contribution in [0.3, 0.4) is 0 Å². The first kappa shape index (κ1) is 11.3. The minimum Gasteiger partial charge on any atom is -0.103 e. The molecule has 1 aliphatic rings. The van der Waals surface area contributed by atoms with Gasteiger partial charge in [0.25, 0.3) is 0 Å². The van der Waals surface area contributed by atoms with E-state index in [0.29, 0.717) is 5.41 Å². The van der Waals surface area contributed by atoms with Crippen molar-refractivity contribution in [1.29, 1.82) is 0 Å². The van der Waals surface area contributed by atoms with Gasteiger partial charge in [0.1, 0.15) is 0 Å². The Morgan fingerprint density at radius 3 is 2.86 bits per heavy atom. The standard InChI is InChI=1S/C14H22/c1-5-6-8-12(2)13-9-7-10-14(3,4)11-13/h5,9H,1-2,6-8,10-11H2,3-4H3. The molecular formula is C14H22. The van der Waals surface area contributed by atoms with Crippen molar-refractivity contribution in [3.8, 4) is 0 Å². The van der Waals surface area contributed by atoms with Crippen LogP contribution in [0.25, 0.3) is 0 Å². The third-order valence-corrected chi connectivity index (χ3v) is 2.99. The lowest BCUT2D eigenvalue weighted by Gasteiger charge is -2.30. The zero-order valence-electron chi connectivity index (χ0n) is 9.60. The van der Waals surface area contributed by atoms with Gasteiger partial charge in [-0.2, -0.15) is 0 Å². The summed E-state index contributed by atoms with van der Waals surface area (Å²) in [5.41, 5.74) is 3.28. The SMILES string of the molecule is C=CCCC(=C)C1=CCCC(C)(C)C1. The highest BCUT2D eigenvalue weighted by molar-refractivity contribution is 5.31. The minimum absolute atomic E-state index is 0.473. The van der Waals surface area contributed by atoms with Gasteiger partial charge in [-0.25, -0.2) is 0 Å². The van der Waals surface area contributed by atoms with E-state index in [4.69, 9.17) is 0 Å². The van der Waals surface area contributed by atoms with Crippen LogP contribution in [0.15, 0.2) is 36.5 Å². The molecule has 0 amide bonds. The van der Waals surface area contributed by atoms with Crippen molar-refractivity contribution in [1.82, 2.24) is 0 Å². The topological polar surface area (TPSA) is 0 Å². The van der Waals surface area contributed by atoms with Crippen LogP contribution in [0, 0.1) is 5.41 Å². The minimum atomic E-state index is 0.473. The van der Waals surface area contributed by atoms with Crippen molar-refractivity contribution >= 4 is 0 Å². The number of hydrogen-bond donors (Lipinski definition) is 0. The van der Waals surface area contributed by atoms with E-state index in [-0.39, 0.29) is 0 Å². The Morgan fingerprint density at radius 1 is 1.57 bits per heavy atom. The van der Waals surface area contributed by atoms with Crippen molar-refractivity contribution in [2.45, 2.75) is 46.0 Å². The predicted molar refractivity (Wildman–Crippen MR) is 64.3 cm³/mol. The van der Waals surface area contributed by atoms with Crippen molar-refractivity contribution in [2.24, 2.45) is 5.41 Å². The Labute approximate surface area is 88.4 Å². The maximum Gasteiger partial charge on any atom is -0.0228 e. The first-order chi connectivity index (χ1) is 6.55. The van der Waals surface area contributed by atoms with Gasteiger partial charge in [-0.05, 0) is 43.1 Å². The van der Waals surface area contributed by atoms with Crippen LogP contribution in [0.5, 0.6) is 0 Å². The van der Waals surface area contributed by atoms with Gasteiger partial charge in [-0.1, -0.05) is 38.2 Å². The van der Waals surface area contributed by atoms with Gasteiger partial charge in [0, 0.05) is 0 Å². The largest absolute Gasteiger partial charge is 0.103 e. The molecule has 0 atom stereocenters. The van der Waals surface area contributed by atoms with E-state index in [2.05, 4.69) is 33.1 Å². The highest BCUT2D eigenvalue weighted by Gasteiger charge is 2.23. The predicted octanol–water partition coefficient (Wildman–Crippen LogP) is 4.65. The molecule has 0 aromatic heterocycles. The highest BCUT2D eigenvalue weighted by atomic mass is 14.3. The fourth-order valence-electron chi connectivity index (χ4n) is 2.02. The first-order valence-electron chi connectivity index (χ1n) is 5.53. The summed E-state index contributed by atoms with van der Waals surface area (Å²) < 4.78 is 0. The number of allylic oxidation sites excluding steroid dienone is 4. The molecule has 1 aliphatic carbocycles. The van der Waals surface area contributed by atoms with E-state index in [1.807, 2.05) is 6.08 Å². The van der Waals surface area contributed by atoms with Crippen molar-refractivity contribution in [2.75, 3.05) is 0 Å². The Morgan fingerprint density at radius 2 is 2.29 bits per heavy atom. The van der Waals surface area contributed by atoms with E-state index in [1.165, 1.54) is 30.4 Å². The lowest BCUT2D eigenvalue weighted by atomic mass is 9.75. The van der Waals surface area contributed by atoms with Crippen LogP contribution in [0.2, 0.25) is 0 Å². The molecule has 0 aromatic rings. The third kappa shape index (κ3) is 3.17. The molecule has 1 rings (SSSR count). The van der Waals surface area contributed by atoms with Crippen LogP contribution in [-0.4, -0.2) is 0 Å². The van der Waals surface area contributed by atoms with E-state index < -0.39 is 0 Å². The molecule has 0 nitrogen and oxygen atoms in total. The molecule has 0 unspecified atom stereocenters. The summed E-state index contributed by atoms with van der Waals surface area (Å²) in [6.07, 6.45) is 10.2. The molecule has 0 heterocycles. The van der Waals surface area contributed by atoms with Crippen LogP contribution < -0.4 is 0 Å². The Balaban J connectivity index is 2.55. The summed E-state index contributed by atoms with van der Waals surface area (Å²) in [4.78, 5) is 0. The molecule has 0 saturated heterocycles. The molecule has 0 saturated carbocycles. The first-order valence-corrected chi connectivity index (χ1v) is 5.53. The van der Waals surface area contributed by atoms with Gasteiger partial charge in [0.2, 0.25) is 0 Å². The summed E-state index contributed by atoms with van der Waals surface area (Å²) in [7, 11) is 0. The van der Waals surface area contributed by atoms with Crippen LogP contribution in [0.1, 0.15) is 46.0 Å². The number of rotatable bonds is 4. The average Bonchev–Trinajstić information content (AvgIpc) is 2.12. The molecule has 0 fully saturated rings. The fourth-order valence-corrected chi connectivity index (χ4v) is 2.02. The van der Waals surface area contributed by atoms with E-state index in [9.17, 15) is 0 Å². The smallest absolute Gasteiger partial charge is 0.0228 e. The van der Waals surface area contributed by atoms with Gasteiger partial charge >= 0.3 is 0 Å². The van der Waals surface area contributed by atoms with E-state index in [1.54, 1.807) is 0 Å². The summed E-state index contributed by atoms with van der Waals surface area (Å²) in [5.74, 6) is 0. The molecule has 0 aromatic carbocycles. The summed E-state index contributed by atoms with van der Waals surface area (Å²) >= 11 is 0. The second-order valence-corrected chi connectivity index (χ2v) is 5.04. The molecular weight excluding hydrogens is 168 g/mol. The second-order valence-electron chi connectivity index (χ2n) is 5.04. The number of hydrogen-bond acceptors (Lipinski definition) is 0. The summed E-state index contributed by atoms with van der Waals surface area (Å²) in [6, 6.07) is 0. The van der Waals surface area contributed by atoms with Crippen LogP contribution in [0.4, 0.5) is 0 Å². The van der Waals surface area contributed by atoms with Gasteiger partial charge in [-0.15, -0.1) is 6.58 Å². The monoisotopic (exact) mass is 190 g/mol. The zero-order valence-corrected chi connectivity index (χ0v) is 9.60. The van der Waals surface area contributed by atoms with Gasteiger partial charge in [0.05, 0.1) is 0 Å². The quantitative estimate of drug-likeness (QED) is 0.566. The molecule has 0 radical (unpaired) electrons. The molecule has 0 bridgehead atoms. The molecule has 14 heavy (non-hydrogen) atoms. The lowest BCUT2D eigenvalue weighted by Crippen LogP contribution is -2.16. The van der Waals surface area contributed by atoms with Gasteiger partial charge in [0.15, 0.2) is 0 Å². The molecule has 78 valence electrons. The van der Waals surface area contributed by atoms with Gasteiger partial charge < -0.3 is 0 Å².